The minimum absolute atomic E-state index is 0.112. The molecule has 0 aromatic carbocycles. The summed E-state index contributed by atoms with van der Waals surface area (Å²) in [6, 6.07) is -0.881. The predicted molar refractivity (Wildman–Crippen MR) is 85.8 cm³/mol. The zero-order valence-corrected chi connectivity index (χ0v) is 14.8. The topological polar surface area (TPSA) is 154 Å². The molecule has 1 aliphatic rings. The molecule has 2 rings (SSSR count). The van der Waals surface area contributed by atoms with Gasteiger partial charge in [0.15, 0.2) is 0 Å². The maximum Gasteiger partial charge on any atom is 0.429 e. The van der Waals surface area contributed by atoms with E-state index in [9.17, 15) is 19.2 Å². The van der Waals surface area contributed by atoms with Gasteiger partial charge >= 0.3 is 6.09 Å². The molecule has 1 atom stereocenters. The van der Waals surface area contributed by atoms with Gasteiger partial charge in [-0.15, -0.1) is 5.10 Å². The van der Waals surface area contributed by atoms with E-state index in [2.05, 4.69) is 26.3 Å². The lowest BCUT2D eigenvalue weighted by molar-refractivity contribution is -0.134. The van der Waals surface area contributed by atoms with E-state index in [4.69, 9.17) is 9.47 Å². The maximum absolute atomic E-state index is 12.3. The van der Waals surface area contributed by atoms with Crippen LogP contribution < -0.4 is 20.8 Å². The van der Waals surface area contributed by atoms with Crippen LogP contribution in [0.1, 0.15) is 44.1 Å². The summed E-state index contributed by atoms with van der Waals surface area (Å²) in [4.78, 5) is 47.7. The van der Waals surface area contributed by atoms with Crippen molar-refractivity contribution in [2.24, 2.45) is 0 Å². The third-order valence-corrected chi connectivity index (χ3v) is 3.13. The minimum atomic E-state index is -0.881. The number of carbonyl (C=O) groups is 4. The molecule has 1 saturated heterocycles. The van der Waals surface area contributed by atoms with E-state index in [0.717, 1.165) is 4.91 Å². The highest BCUT2D eigenvalue weighted by molar-refractivity contribution is 6.03. The molecule has 1 aromatic heterocycles. The Morgan fingerprint density at radius 1 is 1.27 bits per heavy atom. The standard InChI is InChI=1S/C14H20N6O6/c1-14(2,3)26-13(24)19-20-17-9(12(18-20)25-4)11(23)15-7-5-6-8(21)16-10(7)22/h7H,5-6H2,1-4H3,(H,15,23)(H,19,24)(H,16,21,22). The van der Waals surface area contributed by atoms with E-state index in [1.165, 1.54) is 7.11 Å². The van der Waals surface area contributed by atoms with Gasteiger partial charge in [0.25, 0.3) is 11.8 Å². The van der Waals surface area contributed by atoms with Gasteiger partial charge in [0, 0.05) is 6.42 Å². The van der Waals surface area contributed by atoms with Gasteiger partial charge in [-0.1, -0.05) is 10.0 Å². The zero-order chi connectivity index (χ0) is 19.5. The fourth-order valence-electron chi connectivity index (χ4n) is 2.06. The van der Waals surface area contributed by atoms with Crippen LogP contribution in [0, 0.1) is 0 Å². The molecule has 4 amide bonds. The Bertz CT molecular complexity index is 737. The Balaban J connectivity index is 2.07. The molecule has 3 N–H and O–H groups in total. The molecular weight excluding hydrogens is 348 g/mol. The number of rotatable bonds is 4. The number of hydrogen-bond donors (Lipinski definition) is 3. The van der Waals surface area contributed by atoms with Gasteiger partial charge < -0.3 is 14.8 Å². The summed E-state index contributed by atoms with van der Waals surface area (Å²) in [5, 5.41) is 12.2. The van der Waals surface area contributed by atoms with Crippen LogP contribution in [0.3, 0.4) is 0 Å². The van der Waals surface area contributed by atoms with Crippen LogP contribution in [0.15, 0.2) is 0 Å². The summed E-state index contributed by atoms with van der Waals surface area (Å²) >= 11 is 0. The van der Waals surface area contributed by atoms with Crippen molar-refractivity contribution in [3.63, 3.8) is 0 Å². The van der Waals surface area contributed by atoms with Gasteiger partial charge in [-0.05, 0) is 27.2 Å². The van der Waals surface area contributed by atoms with Gasteiger partial charge in [-0.2, -0.15) is 5.43 Å². The lowest BCUT2D eigenvalue weighted by Crippen LogP contribution is -2.52. The molecule has 0 radical (unpaired) electrons. The summed E-state index contributed by atoms with van der Waals surface area (Å²) in [5.74, 6) is -1.90. The van der Waals surface area contributed by atoms with Crippen LogP contribution in [0.2, 0.25) is 0 Å². The number of hydrogen-bond acceptors (Lipinski definition) is 8. The van der Waals surface area contributed by atoms with E-state index < -0.39 is 35.5 Å². The number of piperidine rings is 1. The number of aromatic nitrogens is 3. The lowest BCUT2D eigenvalue weighted by Gasteiger charge is -2.21. The number of imide groups is 1. The first-order valence-corrected chi connectivity index (χ1v) is 7.75. The second-order valence-corrected chi connectivity index (χ2v) is 6.44. The van der Waals surface area contributed by atoms with Crippen molar-refractivity contribution in [2.45, 2.75) is 45.3 Å². The van der Waals surface area contributed by atoms with Crippen molar-refractivity contribution >= 4 is 23.8 Å². The van der Waals surface area contributed by atoms with Gasteiger partial charge in [0.05, 0.1) is 7.11 Å². The molecule has 142 valence electrons. The monoisotopic (exact) mass is 368 g/mol. The normalized spacial score (nSPS) is 17.3. The van der Waals surface area contributed by atoms with Crippen LogP contribution in [0.4, 0.5) is 4.79 Å². The van der Waals surface area contributed by atoms with Gasteiger partial charge in [0.1, 0.15) is 11.6 Å². The number of nitrogens with zero attached hydrogens (tertiary/aromatic N) is 3. The van der Waals surface area contributed by atoms with Crippen LogP contribution in [-0.4, -0.2) is 57.7 Å². The second kappa shape index (κ2) is 7.37. The summed E-state index contributed by atoms with van der Waals surface area (Å²) in [6.45, 7) is 5.05. The Hall–Kier alpha value is -3.18. The number of ether oxygens (including phenoxy) is 2. The highest BCUT2D eigenvalue weighted by atomic mass is 16.6. The van der Waals surface area contributed by atoms with Crippen molar-refractivity contribution < 1.29 is 28.7 Å². The highest BCUT2D eigenvalue weighted by Gasteiger charge is 2.30. The van der Waals surface area contributed by atoms with Gasteiger partial charge in [-0.3, -0.25) is 19.7 Å². The molecule has 12 nitrogen and oxygen atoms in total. The fourth-order valence-corrected chi connectivity index (χ4v) is 2.06. The average molecular weight is 368 g/mol. The molecule has 1 unspecified atom stereocenters. The van der Waals surface area contributed by atoms with Crippen LogP contribution in [0.25, 0.3) is 0 Å². The Kier molecular flexibility index (Phi) is 5.43. The molecule has 12 heteroatoms. The largest absolute Gasteiger partial charge is 0.478 e. The molecule has 0 aliphatic carbocycles. The molecule has 26 heavy (non-hydrogen) atoms. The maximum atomic E-state index is 12.3. The number of nitrogens with one attached hydrogen (secondary N) is 3. The molecule has 1 fully saturated rings. The van der Waals surface area contributed by atoms with Crippen molar-refractivity contribution in [1.82, 2.24) is 25.7 Å². The first kappa shape index (κ1) is 19.1. The van der Waals surface area contributed by atoms with E-state index in [0.29, 0.717) is 0 Å². The van der Waals surface area contributed by atoms with Crippen molar-refractivity contribution in [2.75, 3.05) is 12.5 Å². The Morgan fingerprint density at radius 3 is 2.54 bits per heavy atom. The predicted octanol–water partition coefficient (Wildman–Crippen LogP) is -0.700. The van der Waals surface area contributed by atoms with E-state index in [-0.39, 0.29) is 24.4 Å². The molecule has 0 spiro atoms. The fraction of sp³-hybridized carbons (Fsp3) is 0.571. The SMILES string of the molecule is COc1nn(NC(=O)OC(C)(C)C)nc1C(=O)NC1CCC(=O)NC1=O. The van der Waals surface area contributed by atoms with E-state index >= 15 is 0 Å². The lowest BCUT2D eigenvalue weighted by atomic mass is 10.1. The third-order valence-electron chi connectivity index (χ3n) is 3.13. The number of amides is 4. The van der Waals surface area contributed by atoms with Crippen LogP contribution in [-0.2, 0) is 14.3 Å². The van der Waals surface area contributed by atoms with Crippen molar-refractivity contribution in [3.8, 4) is 5.88 Å². The van der Waals surface area contributed by atoms with Gasteiger partial charge in [-0.25, -0.2) is 4.79 Å². The third kappa shape index (κ3) is 4.91. The second-order valence-electron chi connectivity index (χ2n) is 6.44. The van der Waals surface area contributed by atoms with Crippen LogP contribution in [0.5, 0.6) is 5.88 Å². The summed E-state index contributed by atoms with van der Waals surface area (Å²) < 4.78 is 10.0. The van der Waals surface area contributed by atoms with Crippen LogP contribution >= 0.6 is 0 Å². The smallest absolute Gasteiger partial charge is 0.429 e. The molecule has 0 bridgehead atoms. The molecule has 1 aromatic rings. The van der Waals surface area contributed by atoms with Gasteiger partial charge in [0.2, 0.25) is 17.5 Å². The average Bonchev–Trinajstić information content (AvgIpc) is 2.91. The molecule has 1 aliphatic heterocycles. The number of methoxy groups -OCH3 is 1. The number of carbonyl (C=O) groups excluding carboxylic acids is 4. The molecular formula is C14H20N6O6. The quantitative estimate of drug-likeness (QED) is 0.590. The van der Waals surface area contributed by atoms with Crippen molar-refractivity contribution in [3.05, 3.63) is 5.69 Å². The minimum Gasteiger partial charge on any atom is -0.478 e. The van der Waals surface area contributed by atoms with E-state index in [1.54, 1.807) is 20.8 Å². The first-order chi connectivity index (χ1) is 12.1. The summed E-state index contributed by atoms with van der Waals surface area (Å²) in [5.41, 5.74) is 1.24. The van der Waals surface area contributed by atoms with E-state index in [1.807, 2.05) is 0 Å². The first-order valence-electron chi connectivity index (χ1n) is 7.75. The zero-order valence-electron chi connectivity index (χ0n) is 14.8. The summed E-state index contributed by atoms with van der Waals surface area (Å²) in [7, 11) is 1.27. The molecule has 2 heterocycles. The highest BCUT2D eigenvalue weighted by Crippen LogP contribution is 2.13. The summed E-state index contributed by atoms with van der Waals surface area (Å²) in [6.07, 6.45) is -0.545. The Morgan fingerprint density at radius 2 is 1.96 bits per heavy atom. The van der Waals surface area contributed by atoms with Crippen molar-refractivity contribution in [1.29, 1.82) is 0 Å². The Labute approximate surface area is 148 Å². The molecule has 0 saturated carbocycles.